The van der Waals surface area contributed by atoms with Crippen LogP contribution in [0.2, 0.25) is 0 Å². The van der Waals surface area contributed by atoms with Crippen LogP contribution in [0.5, 0.6) is 0 Å². The van der Waals surface area contributed by atoms with Crippen LogP contribution in [0.25, 0.3) is 11.5 Å². The number of carbonyl (C=O) groups excluding carboxylic acids is 1. The number of amides is 1. The van der Waals surface area contributed by atoms with E-state index in [0.29, 0.717) is 23.0 Å². The molecule has 2 heterocycles. The summed E-state index contributed by atoms with van der Waals surface area (Å²) in [6.45, 7) is 7.52. The van der Waals surface area contributed by atoms with Crippen molar-refractivity contribution in [2.24, 2.45) is 0 Å². The van der Waals surface area contributed by atoms with Crippen LogP contribution in [0.3, 0.4) is 0 Å². The number of nitrogens with one attached hydrogen (secondary N) is 1. The summed E-state index contributed by atoms with van der Waals surface area (Å²) < 4.78 is 10.9. The molecule has 0 saturated heterocycles. The fourth-order valence-corrected chi connectivity index (χ4v) is 2.51. The molecule has 3 rings (SSSR count). The van der Waals surface area contributed by atoms with Gasteiger partial charge in [0.25, 0.3) is 5.91 Å². The van der Waals surface area contributed by atoms with E-state index < -0.39 is 0 Å². The van der Waals surface area contributed by atoms with Crippen LogP contribution in [0.4, 0.5) is 6.01 Å². The molecule has 3 aromatic rings. The molecule has 118 valence electrons. The minimum absolute atomic E-state index is 0.0578. The van der Waals surface area contributed by atoms with Crippen molar-refractivity contribution in [3.05, 3.63) is 52.5 Å². The Morgan fingerprint density at radius 2 is 1.65 bits per heavy atom. The van der Waals surface area contributed by atoms with Crippen LogP contribution in [-0.4, -0.2) is 16.1 Å². The number of hydrogen-bond donors (Lipinski definition) is 1. The first-order chi connectivity index (χ1) is 10.9. The third-order valence-corrected chi connectivity index (χ3v) is 3.40. The Morgan fingerprint density at radius 3 is 2.26 bits per heavy atom. The van der Waals surface area contributed by atoms with Gasteiger partial charge in [-0.1, -0.05) is 22.3 Å². The molecule has 0 fully saturated rings. The third kappa shape index (κ3) is 3.15. The highest BCUT2D eigenvalue weighted by atomic mass is 16.4. The molecule has 0 unspecified atom stereocenters. The topological polar surface area (TPSA) is 81.2 Å². The lowest BCUT2D eigenvalue weighted by molar-refractivity contribution is 0.102. The zero-order valence-corrected chi connectivity index (χ0v) is 13.4. The van der Waals surface area contributed by atoms with Gasteiger partial charge in [-0.05, 0) is 45.9 Å². The van der Waals surface area contributed by atoms with Crippen LogP contribution in [0, 0.1) is 27.7 Å². The van der Waals surface area contributed by atoms with Crippen LogP contribution in [-0.2, 0) is 0 Å². The summed E-state index contributed by atoms with van der Waals surface area (Å²) in [5.41, 5.74) is 3.49. The number of hydrogen-bond acceptors (Lipinski definition) is 5. The van der Waals surface area contributed by atoms with E-state index in [2.05, 4.69) is 21.6 Å². The van der Waals surface area contributed by atoms with Crippen molar-refractivity contribution in [3.63, 3.8) is 0 Å². The summed E-state index contributed by atoms with van der Waals surface area (Å²) >= 11 is 0. The Labute approximate surface area is 133 Å². The summed E-state index contributed by atoms with van der Waals surface area (Å²) in [6, 6.07) is 7.70. The van der Waals surface area contributed by atoms with Crippen molar-refractivity contribution in [1.82, 2.24) is 10.2 Å². The Hall–Kier alpha value is -2.89. The lowest BCUT2D eigenvalue weighted by atomic mass is 10.1. The monoisotopic (exact) mass is 311 g/mol. The maximum Gasteiger partial charge on any atom is 0.322 e. The number of anilines is 1. The Bertz CT molecular complexity index is 857. The van der Waals surface area contributed by atoms with E-state index in [9.17, 15) is 4.79 Å². The number of rotatable bonds is 3. The molecule has 0 radical (unpaired) electrons. The molecule has 0 aliphatic heterocycles. The summed E-state index contributed by atoms with van der Waals surface area (Å²) in [5.74, 6) is 1.25. The van der Waals surface area contributed by atoms with Crippen molar-refractivity contribution in [1.29, 1.82) is 0 Å². The van der Waals surface area contributed by atoms with Crippen LogP contribution < -0.4 is 5.32 Å². The highest BCUT2D eigenvalue weighted by molar-refractivity contribution is 6.03. The highest BCUT2D eigenvalue weighted by Crippen LogP contribution is 2.23. The summed E-state index contributed by atoms with van der Waals surface area (Å²) in [7, 11) is 0. The van der Waals surface area contributed by atoms with Crippen LogP contribution >= 0.6 is 0 Å². The molecule has 0 saturated carbocycles. The Morgan fingerprint density at radius 1 is 0.957 bits per heavy atom. The van der Waals surface area contributed by atoms with Gasteiger partial charge in [0.2, 0.25) is 5.89 Å². The van der Waals surface area contributed by atoms with E-state index >= 15 is 0 Å². The molecule has 0 aliphatic carbocycles. The van der Waals surface area contributed by atoms with Crippen LogP contribution in [0.15, 0.2) is 33.1 Å². The molecule has 1 aromatic carbocycles. The normalized spacial score (nSPS) is 10.8. The molecular formula is C17H17N3O3. The predicted octanol–water partition coefficient (Wildman–Crippen LogP) is 3.82. The molecule has 0 atom stereocenters. The molecule has 0 bridgehead atoms. The molecule has 2 aromatic heterocycles. The molecule has 6 heteroatoms. The summed E-state index contributed by atoms with van der Waals surface area (Å²) in [5, 5.41) is 10.5. The van der Waals surface area contributed by atoms with E-state index in [-0.39, 0.29) is 11.9 Å². The standard InChI is InChI=1S/C17H17N3O3/c1-9-5-10(2)7-13(6-9)16-19-20-17(23-16)18-15(21)14-8-11(3)22-12(14)4/h5-8H,1-4H3,(H,18,20,21). The second-order valence-electron chi connectivity index (χ2n) is 5.57. The van der Waals surface area contributed by atoms with Crippen molar-refractivity contribution in [2.45, 2.75) is 27.7 Å². The Balaban J connectivity index is 1.82. The molecule has 1 N–H and O–H groups in total. The second-order valence-corrected chi connectivity index (χ2v) is 5.57. The van der Waals surface area contributed by atoms with Crippen molar-refractivity contribution >= 4 is 11.9 Å². The number of benzene rings is 1. The Kier molecular flexibility index (Phi) is 3.73. The number of carbonyl (C=O) groups is 1. The first-order valence-corrected chi connectivity index (χ1v) is 7.23. The van der Waals surface area contributed by atoms with Crippen molar-refractivity contribution in [3.8, 4) is 11.5 Å². The zero-order valence-electron chi connectivity index (χ0n) is 13.4. The molecule has 1 amide bonds. The van der Waals surface area contributed by atoms with Crippen molar-refractivity contribution < 1.29 is 13.6 Å². The van der Waals surface area contributed by atoms with Crippen molar-refractivity contribution in [2.75, 3.05) is 5.32 Å². The average molecular weight is 311 g/mol. The first-order valence-electron chi connectivity index (χ1n) is 7.23. The van der Waals surface area contributed by atoms with Gasteiger partial charge >= 0.3 is 6.01 Å². The van der Waals surface area contributed by atoms with Gasteiger partial charge in [-0.15, -0.1) is 5.10 Å². The smallest absolute Gasteiger partial charge is 0.322 e. The third-order valence-electron chi connectivity index (χ3n) is 3.40. The van der Waals surface area contributed by atoms with Gasteiger partial charge in [0.15, 0.2) is 0 Å². The largest absolute Gasteiger partial charge is 0.466 e. The van der Waals surface area contributed by atoms with E-state index in [1.165, 1.54) is 0 Å². The van der Waals surface area contributed by atoms with Gasteiger partial charge in [-0.3, -0.25) is 10.1 Å². The summed E-state index contributed by atoms with van der Waals surface area (Å²) in [4.78, 5) is 12.2. The van der Waals surface area contributed by atoms with Gasteiger partial charge in [-0.2, -0.15) is 0 Å². The molecular weight excluding hydrogens is 294 g/mol. The number of furan rings is 1. The van der Waals surface area contributed by atoms with E-state index in [1.54, 1.807) is 19.9 Å². The zero-order chi connectivity index (χ0) is 16.6. The quantitative estimate of drug-likeness (QED) is 0.795. The average Bonchev–Trinajstić information content (AvgIpc) is 3.04. The molecule has 6 nitrogen and oxygen atoms in total. The van der Waals surface area contributed by atoms with Gasteiger partial charge in [0, 0.05) is 5.56 Å². The molecule has 0 aliphatic rings. The fraction of sp³-hybridized carbons (Fsp3) is 0.235. The number of aromatic nitrogens is 2. The van der Waals surface area contributed by atoms with Gasteiger partial charge in [0.1, 0.15) is 11.5 Å². The van der Waals surface area contributed by atoms with E-state index in [0.717, 1.165) is 16.7 Å². The predicted molar refractivity (Wildman–Crippen MR) is 85.3 cm³/mol. The first kappa shape index (κ1) is 15.0. The lowest BCUT2D eigenvalue weighted by Crippen LogP contribution is -2.12. The lowest BCUT2D eigenvalue weighted by Gasteiger charge is -2.00. The maximum absolute atomic E-state index is 12.2. The SMILES string of the molecule is Cc1cc(C)cc(-c2nnc(NC(=O)c3cc(C)oc3C)o2)c1. The minimum atomic E-state index is -0.338. The number of aryl methyl sites for hydroxylation is 4. The van der Waals surface area contributed by atoms with Gasteiger partial charge in [0.05, 0.1) is 5.56 Å². The minimum Gasteiger partial charge on any atom is -0.466 e. The second kappa shape index (κ2) is 5.72. The van der Waals surface area contributed by atoms with Crippen LogP contribution in [0.1, 0.15) is 33.0 Å². The maximum atomic E-state index is 12.2. The van der Waals surface area contributed by atoms with Gasteiger partial charge in [-0.25, -0.2) is 0 Å². The molecule has 0 spiro atoms. The fourth-order valence-electron chi connectivity index (χ4n) is 2.51. The highest BCUT2D eigenvalue weighted by Gasteiger charge is 2.17. The van der Waals surface area contributed by atoms with E-state index in [4.69, 9.17) is 8.83 Å². The van der Waals surface area contributed by atoms with Gasteiger partial charge < -0.3 is 8.83 Å². The molecule has 23 heavy (non-hydrogen) atoms. The van der Waals surface area contributed by atoms with E-state index in [1.807, 2.05) is 26.0 Å². The summed E-state index contributed by atoms with van der Waals surface area (Å²) in [6.07, 6.45) is 0. The number of nitrogens with zero attached hydrogens (tertiary/aromatic N) is 2.